The number of pyridine rings is 1. The van der Waals surface area contributed by atoms with Crippen LogP contribution in [0.3, 0.4) is 0 Å². The number of nitrogens with zero attached hydrogens (tertiary/aromatic N) is 3. The summed E-state index contributed by atoms with van der Waals surface area (Å²) in [5, 5.41) is 14.6. The lowest BCUT2D eigenvalue weighted by Crippen LogP contribution is -2.53. The molecule has 0 radical (unpaired) electrons. The molecule has 9 nitrogen and oxygen atoms in total. The van der Waals surface area contributed by atoms with Crippen molar-refractivity contribution in [1.29, 1.82) is 0 Å². The standard InChI is InChI=1S/C41H29Cl2F3N4O5S/c42-22-9-7-20(8-10-22)40-30(37(53)50(39(40)55)48-35-31(43)16-21(18-47-35)41(44,45)46)17-29-27(34(40)26-13-14-32(51)25-6-2-1-5-24(25)26)11-12-28-33(29)38(54)49(36(28)52)19-23-4-3-15-56-23/h1-11,13-16,18,28-30,33-34,51H,12,17,19H2,(H,47,48). The van der Waals surface area contributed by atoms with Gasteiger partial charge in [-0.1, -0.05) is 83.4 Å². The van der Waals surface area contributed by atoms with Crippen LogP contribution in [0.2, 0.25) is 10.0 Å². The van der Waals surface area contributed by atoms with Crippen molar-refractivity contribution in [1.82, 2.24) is 14.9 Å². The molecule has 3 aromatic carbocycles. The lowest BCUT2D eigenvalue weighted by atomic mass is 9.49. The topological polar surface area (TPSA) is 120 Å². The molecule has 2 aromatic heterocycles. The zero-order valence-electron chi connectivity index (χ0n) is 29.0. The first kappa shape index (κ1) is 36.4. The van der Waals surface area contributed by atoms with Gasteiger partial charge in [-0.2, -0.15) is 18.2 Å². The minimum Gasteiger partial charge on any atom is -0.507 e. The first-order valence-electron chi connectivity index (χ1n) is 17.7. The Labute approximate surface area is 331 Å². The summed E-state index contributed by atoms with van der Waals surface area (Å²) >= 11 is 14.1. The lowest BCUT2D eigenvalue weighted by Gasteiger charge is -2.51. The van der Waals surface area contributed by atoms with E-state index < -0.39 is 63.6 Å². The van der Waals surface area contributed by atoms with Crippen molar-refractivity contribution < 1.29 is 37.5 Å². The van der Waals surface area contributed by atoms with Gasteiger partial charge < -0.3 is 5.11 Å². The van der Waals surface area contributed by atoms with Gasteiger partial charge >= 0.3 is 6.18 Å². The van der Waals surface area contributed by atoms with E-state index in [1.165, 1.54) is 22.3 Å². The van der Waals surface area contributed by atoms with Crippen molar-refractivity contribution in [3.8, 4) is 5.75 Å². The summed E-state index contributed by atoms with van der Waals surface area (Å²) in [5.41, 5.74) is 1.53. The Morgan fingerprint density at radius 2 is 1.66 bits per heavy atom. The number of thiophene rings is 1. The average Bonchev–Trinajstić information content (AvgIpc) is 3.84. The van der Waals surface area contributed by atoms with Crippen LogP contribution in [0.15, 0.2) is 102 Å². The highest BCUT2D eigenvalue weighted by Gasteiger charge is 2.70. The van der Waals surface area contributed by atoms with E-state index in [4.69, 9.17) is 23.2 Å². The summed E-state index contributed by atoms with van der Waals surface area (Å²) in [6.45, 7) is 0.116. The van der Waals surface area contributed by atoms with Crippen LogP contribution in [0.1, 0.15) is 40.3 Å². The van der Waals surface area contributed by atoms with Crippen LogP contribution in [0, 0.1) is 23.7 Å². The summed E-state index contributed by atoms with van der Waals surface area (Å²) in [4.78, 5) is 64.8. The number of imide groups is 2. The van der Waals surface area contributed by atoms with Crippen LogP contribution in [-0.4, -0.2) is 43.6 Å². The Morgan fingerprint density at radius 3 is 2.36 bits per heavy atom. The number of carbonyl (C=O) groups excluding carboxylic acids is 4. The number of hydrazine groups is 1. The molecular formula is C41H29Cl2F3N4O5S. The number of phenolic OH excluding ortho intramolecular Hbond substituents is 1. The van der Waals surface area contributed by atoms with Gasteiger partial charge in [0.15, 0.2) is 5.82 Å². The van der Waals surface area contributed by atoms with Gasteiger partial charge in [0.1, 0.15) is 5.75 Å². The fourth-order valence-electron chi connectivity index (χ4n) is 9.46. The maximum Gasteiger partial charge on any atom is 0.417 e. The van der Waals surface area contributed by atoms with Crippen molar-refractivity contribution in [3.05, 3.63) is 134 Å². The van der Waals surface area contributed by atoms with Crippen LogP contribution < -0.4 is 5.43 Å². The molecule has 5 aromatic rings. The number of allylic oxidation sites excluding steroid dienone is 2. The molecule has 6 atom stereocenters. The number of halogens is 5. The summed E-state index contributed by atoms with van der Waals surface area (Å²) in [7, 11) is 0. The van der Waals surface area contributed by atoms with Gasteiger partial charge in [-0.05, 0) is 71.0 Å². The van der Waals surface area contributed by atoms with Crippen LogP contribution in [-0.2, 0) is 37.3 Å². The van der Waals surface area contributed by atoms with Gasteiger partial charge in [0.25, 0.3) is 11.8 Å². The SMILES string of the molecule is O=C1C2CC=C3C(CC4C(=O)N(Nc5ncc(C(F)(F)F)cc5Cl)C(=O)C4(c4ccc(Cl)cc4)C3c3ccc(O)c4ccccc34)C2C(=O)N1Cc1cccs1. The van der Waals surface area contributed by atoms with Crippen molar-refractivity contribution in [2.45, 2.75) is 36.9 Å². The predicted molar refractivity (Wildman–Crippen MR) is 202 cm³/mol. The monoisotopic (exact) mass is 816 g/mol. The fourth-order valence-corrected chi connectivity index (χ4v) is 10.5. The Morgan fingerprint density at radius 1 is 0.911 bits per heavy atom. The summed E-state index contributed by atoms with van der Waals surface area (Å²) in [6.07, 6.45) is -2.07. The van der Waals surface area contributed by atoms with Crippen molar-refractivity contribution in [2.75, 3.05) is 5.43 Å². The molecule has 2 aliphatic carbocycles. The third kappa shape index (κ3) is 5.38. The van der Waals surface area contributed by atoms with Gasteiger partial charge in [-0.3, -0.25) is 29.5 Å². The number of likely N-dealkylation sites (tertiary alicyclic amines) is 1. The molecule has 6 unspecified atom stereocenters. The quantitative estimate of drug-likeness (QED) is 0.130. The number of rotatable bonds is 6. The zero-order valence-corrected chi connectivity index (χ0v) is 31.3. The van der Waals surface area contributed by atoms with Crippen molar-refractivity contribution in [2.24, 2.45) is 23.7 Å². The highest BCUT2D eigenvalue weighted by Crippen LogP contribution is 2.65. The number of anilines is 1. The molecule has 9 rings (SSSR count). The van der Waals surface area contributed by atoms with E-state index in [9.17, 15) is 32.7 Å². The number of carbonyl (C=O) groups is 4. The molecule has 2 aliphatic heterocycles. The van der Waals surface area contributed by atoms with E-state index in [-0.39, 0.29) is 42.8 Å². The molecular weight excluding hydrogens is 788 g/mol. The number of benzene rings is 3. The molecule has 284 valence electrons. The van der Waals surface area contributed by atoms with Gasteiger partial charge in [-0.25, -0.2) is 4.98 Å². The van der Waals surface area contributed by atoms with Crippen molar-refractivity contribution in [3.63, 3.8) is 0 Å². The third-order valence-corrected chi connectivity index (χ3v) is 13.2. The largest absolute Gasteiger partial charge is 0.507 e. The second-order valence-electron chi connectivity index (χ2n) is 14.5. The Hall–Kier alpha value is -5.24. The molecule has 56 heavy (non-hydrogen) atoms. The normalized spacial score (nSPS) is 26.0. The number of fused-ring (bicyclic) bond motifs is 5. The Bertz CT molecular complexity index is 2510. The van der Waals surface area contributed by atoms with E-state index in [2.05, 4.69) is 10.4 Å². The fraction of sp³-hybridized carbons (Fsp3) is 0.244. The second-order valence-corrected chi connectivity index (χ2v) is 16.4. The van der Waals surface area contributed by atoms with Gasteiger partial charge in [0.05, 0.1) is 40.3 Å². The van der Waals surface area contributed by atoms with E-state index in [1.54, 1.807) is 54.6 Å². The molecule has 15 heteroatoms. The van der Waals surface area contributed by atoms with Gasteiger partial charge in [0.2, 0.25) is 11.8 Å². The van der Waals surface area contributed by atoms with Crippen LogP contribution in [0.5, 0.6) is 5.75 Å². The predicted octanol–water partition coefficient (Wildman–Crippen LogP) is 8.51. The zero-order chi connectivity index (χ0) is 39.3. The number of nitrogens with one attached hydrogen (secondary N) is 1. The van der Waals surface area contributed by atoms with E-state index >= 15 is 4.79 Å². The molecule has 2 N–H and O–H groups in total. The van der Waals surface area contributed by atoms with Crippen molar-refractivity contribution >= 4 is 74.8 Å². The lowest BCUT2D eigenvalue weighted by molar-refractivity contribution is -0.142. The smallest absolute Gasteiger partial charge is 0.417 e. The van der Waals surface area contributed by atoms with Crippen LogP contribution in [0.25, 0.3) is 10.8 Å². The van der Waals surface area contributed by atoms with Gasteiger partial charge in [-0.15, -0.1) is 11.3 Å². The van der Waals surface area contributed by atoms with E-state index in [1.807, 2.05) is 23.6 Å². The molecule has 4 aliphatic rings. The summed E-state index contributed by atoms with van der Waals surface area (Å²) in [6, 6.07) is 21.2. The maximum absolute atomic E-state index is 15.5. The first-order valence-corrected chi connectivity index (χ1v) is 19.4. The highest BCUT2D eigenvalue weighted by atomic mass is 35.5. The number of hydrogen-bond acceptors (Lipinski definition) is 8. The number of aromatic nitrogens is 1. The molecule has 4 amide bonds. The van der Waals surface area contributed by atoms with Crippen LogP contribution in [0.4, 0.5) is 19.0 Å². The molecule has 1 saturated carbocycles. The molecule has 0 bridgehead atoms. The summed E-state index contributed by atoms with van der Waals surface area (Å²) < 4.78 is 40.6. The van der Waals surface area contributed by atoms with Gasteiger partial charge in [0, 0.05) is 27.4 Å². The molecule has 4 heterocycles. The Balaban J connectivity index is 1.25. The molecule has 3 fully saturated rings. The highest BCUT2D eigenvalue weighted by molar-refractivity contribution is 7.09. The second kappa shape index (κ2) is 13.2. The van der Waals surface area contributed by atoms with E-state index in [0.717, 1.165) is 9.89 Å². The average molecular weight is 818 g/mol. The molecule has 2 saturated heterocycles. The third-order valence-electron chi connectivity index (χ3n) is 11.8. The van der Waals surface area contributed by atoms with Crippen LogP contribution >= 0.6 is 34.5 Å². The number of hydrogen-bond donors (Lipinski definition) is 2. The summed E-state index contributed by atoms with van der Waals surface area (Å²) in [5.74, 6) is -6.74. The minimum absolute atomic E-state index is 0.00702. The maximum atomic E-state index is 15.5. The van der Waals surface area contributed by atoms with E-state index in [0.29, 0.717) is 44.8 Å². The first-order chi connectivity index (χ1) is 26.8. The number of aromatic hydroxyl groups is 1. The number of phenols is 1. The number of alkyl halides is 3. The molecule has 0 spiro atoms. The minimum atomic E-state index is -4.75. The Kier molecular flexibility index (Phi) is 8.56. The number of amides is 4.